The van der Waals surface area contributed by atoms with Crippen LogP contribution in [0.15, 0.2) is 35.2 Å². The van der Waals surface area contributed by atoms with E-state index in [0.29, 0.717) is 0 Å². The monoisotopic (exact) mass is 460 g/mol. The number of thioether (sulfide) groups is 1. The summed E-state index contributed by atoms with van der Waals surface area (Å²) in [6.45, 7) is 0. The normalized spacial score (nSPS) is 14.6. The zero-order valence-electron chi connectivity index (χ0n) is 13.2. The Morgan fingerprint density at radius 3 is 2.08 bits per heavy atom. The topological polar surface area (TPSA) is 135 Å². The van der Waals surface area contributed by atoms with E-state index in [-0.39, 0.29) is 5.21 Å². The summed E-state index contributed by atoms with van der Waals surface area (Å²) in [6.07, 6.45) is 0.337. The SMILES string of the molecule is C[As](CCCSc1ccccc1)CCC(O)(P(=O)(O)O)P(=O)(O)O. The van der Waals surface area contributed by atoms with Gasteiger partial charge in [-0.1, -0.05) is 0 Å². The summed E-state index contributed by atoms with van der Waals surface area (Å²) in [5.74, 6) is 0.907. The van der Waals surface area contributed by atoms with Crippen LogP contribution < -0.4 is 0 Å². The summed E-state index contributed by atoms with van der Waals surface area (Å²) in [6, 6.07) is 9.91. The van der Waals surface area contributed by atoms with Crippen LogP contribution in [0.2, 0.25) is 16.1 Å². The van der Waals surface area contributed by atoms with E-state index in [1.807, 2.05) is 36.0 Å². The average Bonchev–Trinajstić information content (AvgIpc) is 2.48. The maximum atomic E-state index is 11.3. The van der Waals surface area contributed by atoms with Gasteiger partial charge in [-0.05, 0) is 0 Å². The molecule has 7 nitrogen and oxygen atoms in total. The van der Waals surface area contributed by atoms with Gasteiger partial charge < -0.3 is 0 Å². The molecule has 0 spiro atoms. The van der Waals surface area contributed by atoms with Gasteiger partial charge in [0.05, 0.1) is 0 Å². The molecule has 24 heavy (non-hydrogen) atoms. The Kier molecular flexibility index (Phi) is 8.75. The number of benzene rings is 1. The van der Waals surface area contributed by atoms with Crippen molar-refractivity contribution in [1.82, 2.24) is 0 Å². The van der Waals surface area contributed by atoms with E-state index in [1.165, 1.54) is 4.90 Å². The van der Waals surface area contributed by atoms with E-state index in [1.54, 1.807) is 11.8 Å². The van der Waals surface area contributed by atoms with Gasteiger partial charge in [0.2, 0.25) is 0 Å². The van der Waals surface area contributed by atoms with E-state index in [0.717, 1.165) is 17.4 Å². The van der Waals surface area contributed by atoms with Crippen molar-refractivity contribution in [3.05, 3.63) is 30.3 Å². The Morgan fingerprint density at radius 2 is 1.58 bits per heavy atom. The van der Waals surface area contributed by atoms with Crippen molar-refractivity contribution in [2.45, 2.75) is 38.9 Å². The van der Waals surface area contributed by atoms with Crippen LogP contribution in [0.1, 0.15) is 12.8 Å². The van der Waals surface area contributed by atoms with Gasteiger partial charge in [0.25, 0.3) is 0 Å². The van der Waals surface area contributed by atoms with E-state index in [2.05, 4.69) is 0 Å². The number of hydrogen-bond acceptors (Lipinski definition) is 4. The molecule has 0 bridgehead atoms. The molecule has 1 atom stereocenters. The molecular formula is C13H23AsO7P2S. The van der Waals surface area contributed by atoms with Crippen molar-refractivity contribution in [2.75, 3.05) is 5.75 Å². The van der Waals surface area contributed by atoms with Gasteiger partial charge in [0.15, 0.2) is 0 Å². The predicted octanol–water partition coefficient (Wildman–Crippen LogP) is 2.69. The van der Waals surface area contributed by atoms with Crippen molar-refractivity contribution in [3.8, 4) is 0 Å². The fourth-order valence-corrected chi connectivity index (χ4v) is 9.64. The third-order valence-corrected chi connectivity index (χ3v) is 12.8. The Balaban J connectivity index is 2.43. The molecule has 0 aromatic heterocycles. The van der Waals surface area contributed by atoms with Crippen LogP contribution in [0.4, 0.5) is 0 Å². The summed E-state index contributed by atoms with van der Waals surface area (Å²) < 4.78 is 22.6. The minimum absolute atomic E-state index is 0.260. The third-order valence-electron chi connectivity index (χ3n) is 3.46. The van der Waals surface area contributed by atoms with Crippen molar-refractivity contribution in [3.63, 3.8) is 0 Å². The first-order valence-corrected chi connectivity index (χ1v) is 15.9. The molecular weight excluding hydrogens is 437 g/mol. The second kappa shape index (κ2) is 9.36. The fraction of sp³-hybridized carbons (Fsp3) is 0.538. The van der Waals surface area contributed by atoms with E-state index in [9.17, 15) is 14.2 Å². The van der Waals surface area contributed by atoms with Crippen LogP contribution in [0.5, 0.6) is 0 Å². The van der Waals surface area contributed by atoms with Gasteiger partial charge in [0.1, 0.15) is 0 Å². The van der Waals surface area contributed by atoms with Gasteiger partial charge in [-0.3, -0.25) is 0 Å². The maximum absolute atomic E-state index is 11.3. The summed E-state index contributed by atoms with van der Waals surface area (Å²) in [4.78, 5) is 37.6. The molecule has 0 saturated heterocycles. The number of rotatable bonds is 10. The molecule has 0 aliphatic heterocycles. The molecule has 5 N–H and O–H groups in total. The molecule has 1 aromatic rings. The molecule has 0 fully saturated rings. The van der Waals surface area contributed by atoms with Gasteiger partial charge in [0, 0.05) is 0 Å². The Morgan fingerprint density at radius 1 is 1.04 bits per heavy atom. The van der Waals surface area contributed by atoms with Gasteiger partial charge in [-0.25, -0.2) is 0 Å². The molecule has 11 heteroatoms. The molecule has 1 aromatic carbocycles. The Bertz CT molecular complexity index is 582. The van der Waals surface area contributed by atoms with Crippen LogP contribution in [-0.2, 0) is 9.13 Å². The molecule has 0 amide bonds. The molecule has 0 aliphatic rings. The van der Waals surface area contributed by atoms with E-state index < -0.39 is 41.3 Å². The van der Waals surface area contributed by atoms with Crippen molar-refractivity contribution < 1.29 is 33.8 Å². The van der Waals surface area contributed by atoms with Gasteiger partial charge >= 0.3 is 150 Å². The van der Waals surface area contributed by atoms with Gasteiger partial charge in [-0.2, -0.15) is 0 Å². The van der Waals surface area contributed by atoms with Crippen molar-refractivity contribution in [1.29, 1.82) is 0 Å². The predicted molar refractivity (Wildman–Crippen MR) is 96.7 cm³/mol. The molecule has 0 saturated carbocycles. The standard InChI is InChI=1S/C13H23AsO7P2S/c1-14(9-5-11-24-12-6-3-2-4-7-12)10-8-13(15,22(16,17)18)23(19,20)21/h2-4,6-7,15H,5,8-11H2,1H3,(H2,16,17,18)(H2,19,20,21). The Hall–Kier alpha value is 0.388. The second-order valence-electron chi connectivity index (χ2n) is 5.43. The minimum atomic E-state index is -5.33. The summed E-state index contributed by atoms with van der Waals surface area (Å²) in [5, 5.41) is 7.72. The van der Waals surface area contributed by atoms with Crippen LogP contribution in [0, 0.1) is 0 Å². The second-order valence-corrected chi connectivity index (χ2v) is 16.1. The molecule has 0 radical (unpaired) electrons. The van der Waals surface area contributed by atoms with E-state index in [4.69, 9.17) is 19.6 Å². The quantitative estimate of drug-likeness (QED) is 0.156. The molecule has 138 valence electrons. The first-order valence-electron chi connectivity index (χ1n) is 7.17. The van der Waals surface area contributed by atoms with Crippen LogP contribution in [0.25, 0.3) is 0 Å². The van der Waals surface area contributed by atoms with Crippen molar-refractivity contribution in [2.24, 2.45) is 0 Å². The van der Waals surface area contributed by atoms with Crippen LogP contribution >= 0.6 is 27.0 Å². The molecule has 1 unspecified atom stereocenters. The fourth-order valence-electron chi connectivity index (χ4n) is 1.95. The Labute approximate surface area is 150 Å². The summed E-state index contributed by atoms with van der Waals surface area (Å²) >= 11 is 0.218. The van der Waals surface area contributed by atoms with E-state index >= 15 is 0 Å². The summed E-state index contributed by atoms with van der Waals surface area (Å²) in [5.41, 5.74) is 1.97. The van der Waals surface area contributed by atoms with Crippen molar-refractivity contribution >= 4 is 41.6 Å². The van der Waals surface area contributed by atoms with Gasteiger partial charge in [-0.15, -0.1) is 0 Å². The van der Waals surface area contributed by atoms with Crippen LogP contribution in [0.3, 0.4) is 0 Å². The zero-order valence-corrected chi connectivity index (χ0v) is 17.7. The molecule has 0 heterocycles. The summed E-state index contributed by atoms with van der Waals surface area (Å²) in [7, 11) is -10.7. The first-order chi connectivity index (χ1) is 11.0. The van der Waals surface area contributed by atoms with Crippen LogP contribution in [-0.4, -0.2) is 50.2 Å². The zero-order chi connectivity index (χ0) is 18.4. The first kappa shape index (κ1) is 22.4. The molecule has 1 rings (SSSR count). The molecule has 0 aliphatic carbocycles. The third kappa shape index (κ3) is 6.60. The number of aliphatic hydroxyl groups is 1. The number of hydrogen-bond donors (Lipinski definition) is 5. The average molecular weight is 460 g/mol.